The predicted octanol–water partition coefficient (Wildman–Crippen LogP) is 1.18. The van der Waals surface area contributed by atoms with Crippen molar-refractivity contribution >= 4 is 5.91 Å². The average Bonchev–Trinajstić information content (AvgIpc) is 2.64. The summed E-state index contributed by atoms with van der Waals surface area (Å²) < 4.78 is 39.3. The highest BCUT2D eigenvalue weighted by atomic mass is 19.3. The molecule has 1 saturated heterocycles. The molecule has 0 aliphatic carbocycles. The first-order valence-corrected chi connectivity index (χ1v) is 8.84. The summed E-state index contributed by atoms with van der Waals surface area (Å²) >= 11 is 0. The first-order valence-electron chi connectivity index (χ1n) is 8.84. The highest BCUT2D eigenvalue weighted by molar-refractivity contribution is 5.78. The van der Waals surface area contributed by atoms with Gasteiger partial charge in [0.15, 0.2) is 11.5 Å². The van der Waals surface area contributed by atoms with Crippen molar-refractivity contribution in [3.63, 3.8) is 0 Å². The number of benzene rings is 1. The minimum absolute atomic E-state index is 0.000134. The number of carbonyl (C=O) groups is 1. The van der Waals surface area contributed by atoms with Crippen LogP contribution in [0.3, 0.4) is 0 Å². The van der Waals surface area contributed by atoms with Gasteiger partial charge in [-0.25, -0.2) is 0 Å². The number of halogens is 2. The summed E-state index contributed by atoms with van der Waals surface area (Å²) in [5.74, 6) is 0.319. The molecule has 1 N–H and O–H groups in total. The number of amides is 1. The maximum atomic E-state index is 12.4. The van der Waals surface area contributed by atoms with E-state index in [1.165, 1.54) is 13.2 Å². The number of nitrogens with zero attached hydrogens (tertiary/aromatic N) is 2. The molecular formula is C18H27F2N3O4. The van der Waals surface area contributed by atoms with Gasteiger partial charge in [0.2, 0.25) is 5.91 Å². The van der Waals surface area contributed by atoms with Gasteiger partial charge < -0.3 is 19.5 Å². The normalized spacial score (nSPS) is 15.7. The fraction of sp³-hybridized carbons (Fsp3) is 0.611. The van der Waals surface area contributed by atoms with Crippen LogP contribution in [0.1, 0.15) is 5.56 Å². The molecule has 2 rings (SSSR count). The Kier molecular flexibility index (Phi) is 8.70. The number of piperazine rings is 1. The molecule has 0 spiro atoms. The number of alkyl halides is 2. The van der Waals surface area contributed by atoms with E-state index in [-0.39, 0.29) is 11.7 Å². The molecule has 1 aliphatic rings. The highest BCUT2D eigenvalue weighted by Crippen LogP contribution is 2.30. The largest absolute Gasteiger partial charge is 0.493 e. The van der Waals surface area contributed by atoms with Crippen LogP contribution in [0.2, 0.25) is 0 Å². The Morgan fingerprint density at radius 2 is 1.85 bits per heavy atom. The van der Waals surface area contributed by atoms with E-state index in [1.807, 2.05) is 0 Å². The van der Waals surface area contributed by atoms with Gasteiger partial charge in [-0.05, 0) is 17.7 Å². The minimum Gasteiger partial charge on any atom is -0.493 e. The van der Waals surface area contributed by atoms with Crippen molar-refractivity contribution in [3.05, 3.63) is 23.8 Å². The predicted molar refractivity (Wildman–Crippen MR) is 96.2 cm³/mol. The Morgan fingerprint density at radius 3 is 2.48 bits per heavy atom. The summed E-state index contributed by atoms with van der Waals surface area (Å²) in [7, 11) is 3.02. The van der Waals surface area contributed by atoms with Crippen LogP contribution in [-0.2, 0) is 16.1 Å². The van der Waals surface area contributed by atoms with Crippen molar-refractivity contribution in [2.24, 2.45) is 0 Å². The molecule has 1 aliphatic heterocycles. The van der Waals surface area contributed by atoms with Crippen LogP contribution < -0.4 is 14.8 Å². The number of methoxy groups -OCH3 is 2. The van der Waals surface area contributed by atoms with Crippen LogP contribution in [0.4, 0.5) is 8.78 Å². The van der Waals surface area contributed by atoms with Gasteiger partial charge in [0, 0.05) is 46.4 Å². The first kappa shape index (κ1) is 21.3. The maximum Gasteiger partial charge on any atom is 0.387 e. The van der Waals surface area contributed by atoms with Crippen molar-refractivity contribution in [2.45, 2.75) is 13.2 Å². The lowest BCUT2D eigenvalue weighted by Crippen LogP contribution is -2.49. The van der Waals surface area contributed by atoms with Crippen LogP contribution in [-0.4, -0.2) is 82.4 Å². The summed E-state index contributed by atoms with van der Waals surface area (Å²) in [4.78, 5) is 16.2. The zero-order valence-corrected chi connectivity index (χ0v) is 15.7. The van der Waals surface area contributed by atoms with E-state index in [2.05, 4.69) is 19.9 Å². The lowest BCUT2D eigenvalue weighted by molar-refractivity contribution is -0.122. The van der Waals surface area contributed by atoms with Crippen LogP contribution >= 0.6 is 0 Å². The number of hydrogen-bond acceptors (Lipinski definition) is 6. The topological polar surface area (TPSA) is 63.3 Å². The third-order valence-electron chi connectivity index (χ3n) is 4.31. The molecule has 1 aromatic rings. The number of nitrogens with one attached hydrogen (secondary N) is 1. The third kappa shape index (κ3) is 7.28. The second-order valence-electron chi connectivity index (χ2n) is 6.26. The summed E-state index contributed by atoms with van der Waals surface area (Å²) in [5.41, 5.74) is 0.958. The molecule has 152 valence electrons. The Morgan fingerprint density at radius 1 is 1.15 bits per heavy atom. The van der Waals surface area contributed by atoms with Gasteiger partial charge >= 0.3 is 6.61 Å². The quantitative estimate of drug-likeness (QED) is 0.609. The van der Waals surface area contributed by atoms with Gasteiger partial charge in [0.25, 0.3) is 0 Å². The SMILES string of the molecule is COCCNC(=O)CN1CCN(Cc2ccc(OC(F)F)c(OC)c2)CC1. The van der Waals surface area contributed by atoms with E-state index >= 15 is 0 Å². The Balaban J connectivity index is 1.79. The fourth-order valence-corrected chi connectivity index (χ4v) is 2.92. The first-order chi connectivity index (χ1) is 13.0. The summed E-state index contributed by atoms with van der Waals surface area (Å²) in [6.45, 7) is 2.43. The van der Waals surface area contributed by atoms with Gasteiger partial charge in [0.1, 0.15) is 0 Å². The van der Waals surface area contributed by atoms with Gasteiger partial charge in [-0.3, -0.25) is 14.6 Å². The van der Waals surface area contributed by atoms with E-state index < -0.39 is 6.61 Å². The third-order valence-corrected chi connectivity index (χ3v) is 4.31. The molecule has 1 fully saturated rings. The molecule has 0 unspecified atom stereocenters. The van der Waals surface area contributed by atoms with Crippen LogP contribution in [0.15, 0.2) is 18.2 Å². The van der Waals surface area contributed by atoms with Crippen molar-refractivity contribution < 1.29 is 27.8 Å². The molecule has 1 heterocycles. The lowest BCUT2D eigenvalue weighted by Gasteiger charge is -2.34. The second-order valence-corrected chi connectivity index (χ2v) is 6.26. The van der Waals surface area contributed by atoms with Crippen molar-refractivity contribution in [3.8, 4) is 11.5 Å². The van der Waals surface area contributed by atoms with E-state index in [4.69, 9.17) is 9.47 Å². The van der Waals surface area contributed by atoms with Crippen LogP contribution in [0, 0.1) is 0 Å². The number of ether oxygens (including phenoxy) is 3. The Hall–Kier alpha value is -1.97. The van der Waals surface area contributed by atoms with Crippen molar-refractivity contribution in [2.75, 3.05) is 60.1 Å². The molecule has 0 bridgehead atoms. The summed E-state index contributed by atoms with van der Waals surface area (Å²) in [6, 6.07) is 4.98. The smallest absolute Gasteiger partial charge is 0.387 e. The standard InChI is InChI=1S/C18H27F2N3O4/c1-25-10-5-21-17(24)13-23-8-6-22(7-9-23)12-14-3-4-15(27-18(19)20)16(11-14)26-2/h3-4,11,18H,5-10,12-13H2,1-2H3,(H,21,24). The van der Waals surface area contributed by atoms with E-state index in [0.717, 1.165) is 31.7 Å². The van der Waals surface area contributed by atoms with Gasteiger partial charge in [-0.15, -0.1) is 0 Å². The highest BCUT2D eigenvalue weighted by Gasteiger charge is 2.19. The van der Waals surface area contributed by atoms with Crippen LogP contribution in [0.25, 0.3) is 0 Å². The van der Waals surface area contributed by atoms with E-state index in [1.54, 1.807) is 19.2 Å². The molecule has 27 heavy (non-hydrogen) atoms. The van der Waals surface area contributed by atoms with Crippen molar-refractivity contribution in [1.29, 1.82) is 0 Å². The molecule has 9 heteroatoms. The van der Waals surface area contributed by atoms with Crippen molar-refractivity contribution in [1.82, 2.24) is 15.1 Å². The second kappa shape index (κ2) is 11.0. The molecule has 0 radical (unpaired) electrons. The summed E-state index contributed by atoms with van der Waals surface area (Å²) in [5, 5.41) is 2.81. The van der Waals surface area contributed by atoms with E-state index in [0.29, 0.717) is 32.0 Å². The number of rotatable bonds is 10. The van der Waals surface area contributed by atoms with Gasteiger partial charge in [-0.1, -0.05) is 6.07 Å². The molecule has 1 amide bonds. The molecule has 0 atom stereocenters. The molecule has 0 aromatic heterocycles. The monoisotopic (exact) mass is 387 g/mol. The molecule has 7 nitrogen and oxygen atoms in total. The van der Waals surface area contributed by atoms with Gasteiger partial charge in [-0.2, -0.15) is 8.78 Å². The molecule has 0 saturated carbocycles. The van der Waals surface area contributed by atoms with E-state index in [9.17, 15) is 13.6 Å². The lowest BCUT2D eigenvalue weighted by atomic mass is 10.1. The molecular weight excluding hydrogens is 360 g/mol. The fourth-order valence-electron chi connectivity index (χ4n) is 2.92. The minimum atomic E-state index is -2.88. The zero-order chi connectivity index (χ0) is 19.6. The average molecular weight is 387 g/mol. The Labute approximate surface area is 158 Å². The van der Waals surface area contributed by atoms with Gasteiger partial charge in [0.05, 0.1) is 20.3 Å². The maximum absolute atomic E-state index is 12.4. The summed E-state index contributed by atoms with van der Waals surface area (Å²) in [6.07, 6.45) is 0. The van der Waals surface area contributed by atoms with Crippen LogP contribution in [0.5, 0.6) is 11.5 Å². The molecule has 1 aromatic carbocycles. The zero-order valence-electron chi connectivity index (χ0n) is 15.7. The Bertz CT molecular complexity index is 596. The number of carbonyl (C=O) groups excluding carboxylic acids is 1. The number of hydrogen-bond donors (Lipinski definition) is 1.